The third kappa shape index (κ3) is 3.95. The molecule has 0 radical (unpaired) electrons. The van der Waals surface area contributed by atoms with Crippen LogP contribution in [0.1, 0.15) is 17.5 Å². The van der Waals surface area contributed by atoms with E-state index in [1.165, 1.54) is 0 Å². The van der Waals surface area contributed by atoms with Crippen molar-refractivity contribution in [2.45, 2.75) is 6.04 Å². The molecule has 0 aliphatic heterocycles. The Morgan fingerprint density at radius 3 is 2.74 bits per heavy atom. The van der Waals surface area contributed by atoms with Crippen molar-refractivity contribution >= 4 is 17.8 Å². The van der Waals surface area contributed by atoms with Crippen molar-refractivity contribution in [1.29, 1.82) is 5.41 Å². The number of hydrogen-bond donors (Lipinski definition) is 3. The number of likely N-dealkylation sites (N-methyl/N-ethyl adjacent to an activating group) is 1. The summed E-state index contributed by atoms with van der Waals surface area (Å²) in [5.41, 5.74) is 6.53. The lowest BCUT2D eigenvalue weighted by atomic mass is 10.0. The standard InChI is InChI=1S/C16H21N5O2/c1-21(2)13(14-6-4-8-23-14)10-20-15(11(9-17)16(18)22)12-5-3-7-19-12/h3-9,11,13,17,19H,10H2,1-2H3,(H2,18,22). The molecule has 2 atom stereocenters. The first kappa shape index (κ1) is 16.7. The molecule has 2 aromatic heterocycles. The molecule has 2 rings (SSSR count). The van der Waals surface area contributed by atoms with E-state index in [0.29, 0.717) is 18.0 Å². The fourth-order valence-corrected chi connectivity index (χ4v) is 2.31. The highest BCUT2D eigenvalue weighted by Gasteiger charge is 2.23. The number of primary amides is 1. The first-order chi connectivity index (χ1) is 11.0. The minimum atomic E-state index is -0.868. The van der Waals surface area contributed by atoms with E-state index in [1.54, 1.807) is 18.5 Å². The van der Waals surface area contributed by atoms with Crippen molar-refractivity contribution in [3.05, 3.63) is 48.2 Å². The monoisotopic (exact) mass is 315 g/mol. The summed E-state index contributed by atoms with van der Waals surface area (Å²) in [7, 11) is 3.86. The van der Waals surface area contributed by atoms with E-state index < -0.39 is 11.8 Å². The summed E-state index contributed by atoms with van der Waals surface area (Å²) >= 11 is 0. The molecule has 0 aromatic carbocycles. The van der Waals surface area contributed by atoms with Crippen molar-refractivity contribution in [2.75, 3.05) is 20.6 Å². The van der Waals surface area contributed by atoms with Gasteiger partial charge in [-0.25, -0.2) is 0 Å². The molecular weight excluding hydrogens is 294 g/mol. The molecular formula is C16H21N5O2. The zero-order valence-electron chi connectivity index (χ0n) is 13.2. The third-order valence-electron chi connectivity index (χ3n) is 3.57. The van der Waals surface area contributed by atoms with Crippen LogP contribution in [0.3, 0.4) is 0 Å². The number of nitrogens with zero attached hydrogens (tertiary/aromatic N) is 2. The SMILES string of the molecule is CN(C)C(CN=C(c1ccc[nH]1)C(C=N)C(N)=O)c1ccco1. The second-order valence-corrected chi connectivity index (χ2v) is 5.35. The Hall–Kier alpha value is -2.67. The second kappa shape index (κ2) is 7.55. The predicted molar refractivity (Wildman–Crippen MR) is 88.8 cm³/mol. The number of rotatable bonds is 8. The largest absolute Gasteiger partial charge is 0.468 e. The van der Waals surface area contributed by atoms with Gasteiger partial charge in [0.25, 0.3) is 0 Å². The van der Waals surface area contributed by atoms with Gasteiger partial charge in [0.2, 0.25) is 5.91 Å². The molecule has 0 fully saturated rings. The molecule has 2 unspecified atom stereocenters. The highest BCUT2D eigenvalue weighted by molar-refractivity contribution is 6.20. The highest BCUT2D eigenvalue weighted by atomic mass is 16.3. The molecule has 122 valence electrons. The number of aromatic nitrogens is 1. The normalized spacial score (nSPS) is 14.7. The lowest BCUT2D eigenvalue weighted by Crippen LogP contribution is -2.33. The van der Waals surface area contributed by atoms with Gasteiger partial charge >= 0.3 is 0 Å². The Morgan fingerprint density at radius 2 is 2.26 bits per heavy atom. The minimum Gasteiger partial charge on any atom is -0.468 e. The fraction of sp³-hybridized carbons (Fsp3) is 0.312. The molecule has 0 aliphatic rings. The van der Waals surface area contributed by atoms with Crippen molar-refractivity contribution in [3.63, 3.8) is 0 Å². The topological polar surface area (TPSA) is 111 Å². The molecule has 0 aliphatic carbocycles. The number of furan rings is 1. The first-order valence-corrected chi connectivity index (χ1v) is 7.22. The number of amides is 1. The summed E-state index contributed by atoms with van der Waals surface area (Å²) in [5.74, 6) is -0.684. The minimum absolute atomic E-state index is 0.0748. The number of aliphatic imine (C=N–C) groups is 1. The zero-order valence-corrected chi connectivity index (χ0v) is 13.2. The number of carbonyl (C=O) groups is 1. The molecule has 2 heterocycles. The van der Waals surface area contributed by atoms with E-state index in [4.69, 9.17) is 15.6 Å². The molecule has 0 saturated heterocycles. The fourth-order valence-electron chi connectivity index (χ4n) is 2.31. The Balaban J connectivity index is 2.33. The summed E-state index contributed by atoms with van der Waals surface area (Å²) in [4.78, 5) is 21.2. The van der Waals surface area contributed by atoms with Crippen LogP contribution in [0.5, 0.6) is 0 Å². The van der Waals surface area contributed by atoms with Gasteiger partial charge in [-0.15, -0.1) is 0 Å². The second-order valence-electron chi connectivity index (χ2n) is 5.35. The molecule has 23 heavy (non-hydrogen) atoms. The van der Waals surface area contributed by atoms with E-state index >= 15 is 0 Å². The number of H-pyrrole nitrogens is 1. The smallest absolute Gasteiger partial charge is 0.232 e. The number of carbonyl (C=O) groups excluding carboxylic acids is 1. The van der Waals surface area contributed by atoms with Crippen LogP contribution < -0.4 is 5.73 Å². The van der Waals surface area contributed by atoms with Gasteiger partial charge in [-0.05, 0) is 38.4 Å². The summed E-state index contributed by atoms with van der Waals surface area (Å²) < 4.78 is 5.46. The molecule has 0 saturated carbocycles. The maximum Gasteiger partial charge on any atom is 0.232 e. The van der Waals surface area contributed by atoms with Gasteiger partial charge in [-0.2, -0.15) is 0 Å². The lowest BCUT2D eigenvalue weighted by Gasteiger charge is -2.21. The van der Waals surface area contributed by atoms with Gasteiger partial charge in [0, 0.05) is 12.4 Å². The van der Waals surface area contributed by atoms with Gasteiger partial charge in [0.1, 0.15) is 11.7 Å². The molecule has 0 bridgehead atoms. The Kier molecular flexibility index (Phi) is 5.48. The van der Waals surface area contributed by atoms with Crippen LogP contribution in [0, 0.1) is 11.3 Å². The third-order valence-corrected chi connectivity index (χ3v) is 3.57. The summed E-state index contributed by atoms with van der Waals surface area (Å²) in [6, 6.07) is 7.25. The van der Waals surface area contributed by atoms with Crippen molar-refractivity contribution in [1.82, 2.24) is 9.88 Å². The molecule has 7 nitrogen and oxygen atoms in total. The number of nitrogens with one attached hydrogen (secondary N) is 2. The highest BCUT2D eigenvalue weighted by Crippen LogP contribution is 2.20. The van der Waals surface area contributed by atoms with Crippen molar-refractivity contribution in [3.8, 4) is 0 Å². The van der Waals surface area contributed by atoms with E-state index in [2.05, 4.69) is 9.98 Å². The van der Waals surface area contributed by atoms with Crippen LogP contribution in [-0.2, 0) is 4.79 Å². The predicted octanol–water partition coefficient (Wildman–Crippen LogP) is 1.45. The Bertz CT molecular complexity index is 659. The number of aromatic amines is 1. The average Bonchev–Trinajstić information content (AvgIpc) is 3.19. The van der Waals surface area contributed by atoms with Gasteiger partial charge in [-0.1, -0.05) is 0 Å². The summed E-state index contributed by atoms with van der Waals surface area (Å²) in [5, 5.41) is 7.48. The Morgan fingerprint density at radius 1 is 1.48 bits per heavy atom. The van der Waals surface area contributed by atoms with Crippen LogP contribution in [-0.4, -0.2) is 48.4 Å². The lowest BCUT2D eigenvalue weighted by molar-refractivity contribution is -0.118. The van der Waals surface area contributed by atoms with Gasteiger partial charge in [-0.3, -0.25) is 14.7 Å². The maximum atomic E-state index is 11.6. The Labute approximate surface area is 134 Å². The maximum absolute atomic E-state index is 11.6. The van der Waals surface area contributed by atoms with E-state index in [-0.39, 0.29) is 6.04 Å². The summed E-state index contributed by atoms with van der Waals surface area (Å²) in [6.07, 6.45) is 4.37. The van der Waals surface area contributed by atoms with Gasteiger partial charge < -0.3 is 20.5 Å². The van der Waals surface area contributed by atoms with Crippen LogP contribution >= 0.6 is 0 Å². The van der Waals surface area contributed by atoms with Gasteiger partial charge in [0.15, 0.2) is 0 Å². The first-order valence-electron chi connectivity index (χ1n) is 7.22. The van der Waals surface area contributed by atoms with E-state index in [9.17, 15) is 4.79 Å². The average molecular weight is 315 g/mol. The van der Waals surface area contributed by atoms with Crippen LogP contribution in [0.2, 0.25) is 0 Å². The molecule has 1 amide bonds. The quantitative estimate of drug-likeness (QED) is 0.641. The van der Waals surface area contributed by atoms with Crippen molar-refractivity contribution < 1.29 is 9.21 Å². The zero-order chi connectivity index (χ0) is 16.8. The van der Waals surface area contributed by atoms with Gasteiger partial charge in [0.05, 0.1) is 30.3 Å². The van der Waals surface area contributed by atoms with E-state index in [0.717, 1.165) is 12.0 Å². The molecule has 4 N–H and O–H groups in total. The number of hydrogen-bond acceptors (Lipinski definition) is 5. The number of nitrogens with two attached hydrogens (primary N) is 1. The van der Waals surface area contributed by atoms with Crippen LogP contribution in [0.4, 0.5) is 0 Å². The molecule has 2 aromatic rings. The van der Waals surface area contributed by atoms with Crippen LogP contribution in [0.25, 0.3) is 0 Å². The van der Waals surface area contributed by atoms with Crippen LogP contribution in [0.15, 0.2) is 46.1 Å². The summed E-state index contributed by atoms with van der Waals surface area (Å²) in [6.45, 7) is 0.381. The molecule has 0 spiro atoms. The molecule has 7 heteroatoms. The van der Waals surface area contributed by atoms with Crippen molar-refractivity contribution in [2.24, 2.45) is 16.6 Å². The van der Waals surface area contributed by atoms with E-state index in [1.807, 2.05) is 37.2 Å².